The fourth-order valence-electron chi connectivity index (χ4n) is 1.47. The van der Waals surface area contributed by atoms with E-state index < -0.39 is 8.07 Å². The van der Waals surface area contributed by atoms with Crippen LogP contribution in [0.1, 0.15) is 19.4 Å². The molecule has 20 heavy (non-hydrogen) atoms. The number of hydrogen-bond acceptors (Lipinski definition) is 3. The summed E-state index contributed by atoms with van der Waals surface area (Å²) in [4.78, 5) is 11.5. The van der Waals surface area contributed by atoms with E-state index in [0.717, 1.165) is 17.5 Å². The summed E-state index contributed by atoms with van der Waals surface area (Å²) in [7, 11) is -1.27. The number of para-hydroxylation sites is 1. The average Bonchev–Trinajstić information content (AvgIpc) is 2.33. The number of hydrogen-bond donors (Lipinski definition) is 0. The first-order valence-corrected chi connectivity index (χ1v) is 10.6. The van der Waals surface area contributed by atoms with Crippen molar-refractivity contribution in [1.29, 1.82) is 0 Å². The van der Waals surface area contributed by atoms with Crippen molar-refractivity contribution in [3.63, 3.8) is 0 Å². The van der Waals surface area contributed by atoms with Crippen LogP contribution in [-0.2, 0) is 9.53 Å². The Morgan fingerprint density at radius 2 is 1.90 bits per heavy atom. The number of rotatable bonds is 6. The second-order valence-electron chi connectivity index (χ2n) is 6.21. The first-order valence-electron chi connectivity index (χ1n) is 6.88. The second kappa shape index (κ2) is 7.29. The molecular weight excluding hydrogens is 268 g/mol. The molecule has 0 heterocycles. The van der Waals surface area contributed by atoms with E-state index in [4.69, 9.17) is 9.47 Å². The lowest BCUT2D eigenvalue weighted by molar-refractivity contribution is -0.141. The number of carbonyl (C=O) groups is 1. The summed E-state index contributed by atoms with van der Waals surface area (Å²) in [6, 6.07) is 7.71. The summed E-state index contributed by atoms with van der Waals surface area (Å²) in [5, 5.41) is 0. The normalized spacial score (nSPS) is 11.9. The highest BCUT2D eigenvalue weighted by atomic mass is 28.3. The van der Waals surface area contributed by atoms with Crippen LogP contribution in [-0.4, -0.2) is 26.4 Å². The van der Waals surface area contributed by atoms with Crippen molar-refractivity contribution in [1.82, 2.24) is 0 Å². The fraction of sp³-hybridized carbons (Fsp3) is 0.438. The van der Waals surface area contributed by atoms with Crippen LogP contribution in [0.5, 0.6) is 5.75 Å². The van der Waals surface area contributed by atoms with Gasteiger partial charge in [0.05, 0.1) is 20.4 Å². The molecule has 0 aliphatic carbocycles. The minimum absolute atomic E-state index is 0.106. The first-order chi connectivity index (χ1) is 9.28. The molecule has 1 aromatic carbocycles. The molecule has 0 bridgehead atoms. The van der Waals surface area contributed by atoms with Crippen molar-refractivity contribution in [3.8, 4) is 5.75 Å². The molecule has 110 valence electrons. The van der Waals surface area contributed by atoms with E-state index in [1.165, 1.54) is 6.08 Å². The molecule has 3 nitrogen and oxygen atoms in total. The Kier molecular flexibility index (Phi) is 6.01. The average molecular weight is 292 g/mol. The van der Waals surface area contributed by atoms with Gasteiger partial charge in [0.15, 0.2) is 0 Å². The van der Waals surface area contributed by atoms with Crippen molar-refractivity contribution in [2.45, 2.75) is 39.6 Å². The Bertz CT molecular complexity index is 473. The summed E-state index contributed by atoms with van der Waals surface area (Å²) in [5.74, 6) is 0.475. The number of esters is 1. The van der Waals surface area contributed by atoms with Gasteiger partial charge < -0.3 is 9.47 Å². The van der Waals surface area contributed by atoms with Gasteiger partial charge in [0, 0.05) is 11.6 Å². The van der Waals surface area contributed by atoms with E-state index >= 15 is 0 Å². The topological polar surface area (TPSA) is 35.5 Å². The van der Waals surface area contributed by atoms with Crippen LogP contribution >= 0.6 is 0 Å². The van der Waals surface area contributed by atoms with E-state index in [-0.39, 0.29) is 12.1 Å². The molecule has 4 heteroatoms. The molecule has 1 aromatic rings. The number of carbonyl (C=O) groups excluding carboxylic acids is 1. The van der Waals surface area contributed by atoms with Gasteiger partial charge in [0.25, 0.3) is 0 Å². The van der Waals surface area contributed by atoms with Crippen LogP contribution in [0, 0.1) is 0 Å². The molecule has 0 radical (unpaired) electrons. The summed E-state index contributed by atoms with van der Waals surface area (Å²) in [6.45, 7) is 10.4. The Hall–Kier alpha value is -1.55. The third-order valence-electron chi connectivity index (χ3n) is 2.33. The summed E-state index contributed by atoms with van der Waals surface area (Å²) in [5.41, 5.74) is 0.895. The molecule has 0 fully saturated rings. The SMILES string of the molecule is CC(C)OC(=O)/C=C/c1ccccc1OC[Si](C)(C)C. The van der Waals surface area contributed by atoms with Gasteiger partial charge in [-0.25, -0.2) is 4.79 Å². The second-order valence-corrected chi connectivity index (χ2v) is 11.6. The van der Waals surface area contributed by atoms with E-state index in [1.54, 1.807) is 6.08 Å². The standard InChI is InChI=1S/C16H24O3Si/c1-13(2)19-16(17)11-10-14-8-6-7-9-15(14)18-12-20(3,4)5/h6-11,13H,12H2,1-5H3/b11-10+. The highest BCUT2D eigenvalue weighted by Gasteiger charge is 2.14. The molecule has 0 unspecified atom stereocenters. The predicted molar refractivity (Wildman–Crippen MR) is 85.5 cm³/mol. The van der Waals surface area contributed by atoms with Gasteiger partial charge in [-0.15, -0.1) is 0 Å². The van der Waals surface area contributed by atoms with Crippen LogP contribution in [0.3, 0.4) is 0 Å². The largest absolute Gasteiger partial charge is 0.497 e. The molecule has 0 atom stereocenters. The van der Waals surface area contributed by atoms with Gasteiger partial charge in [-0.3, -0.25) is 0 Å². The van der Waals surface area contributed by atoms with Gasteiger partial charge in [-0.1, -0.05) is 37.8 Å². The molecule has 1 rings (SSSR count). The zero-order valence-corrected chi connectivity index (χ0v) is 14.0. The molecule has 0 aliphatic heterocycles. The zero-order chi connectivity index (χ0) is 15.2. The van der Waals surface area contributed by atoms with Crippen LogP contribution in [0.4, 0.5) is 0 Å². The van der Waals surface area contributed by atoms with Gasteiger partial charge in [-0.05, 0) is 26.0 Å². The molecule has 0 spiro atoms. The predicted octanol–water partition coefficient (Wildman–Crippen LogP) is 3.91. The number of ether oxygens (including phenoxy) is 2. The van der Waals surface area contributed by atoms with Crippen molar-refractivity contribution in [2.75, 3.05) is 6.23 Å². The zero-order valence-electron chi connectivity index (χ0n) is 13.0. The van der Waals surface area contributed by atoms with Crippen LogP contribution < -0.4 is 4.74 Å². The van der Waals surface area contributed by atoms with Crippen molar-refractivity contribution in [3.05, 3.63) is 35.9 Å². The maximum atomic E-state index is 11.5. The van der Waals surface area contributed by atoms with Crippen molar-refractivity contribution < 1.29 is 14.3 Å². The monoisotopic (exact) mass is 292 g/mol. The van der Waals surface area contributed by atoms with Gasteiger partial charge in [0.2, 0.25) is 0 Å². The van der Waals surface area contributed by atoms with E-state index in [2.05, 4.69) is 19.6 Å². The lowest BCUT2D eigenvalue weighted by Gasteiger charge is -2.17. The van der Waals surface area contributed by atoms with E-state index in [9.17, 15) is 4.79 Å². The molecular formula is C16H24O3Si. The summed E-state index contributed by atoms with van der Waals surface area (Å²) >= 11 is 0. The highest BCUT2D eigenvalue weighted by molar-refractivity contribution is 6.76. The summed E-state index contributed by atoms with van der Waals surface area (Å²) in [6.07, 6.45) is 3.83. The first kappa shape index (κ1) is 16.5. The van der Waals surface area contributed by atoms with Crippen LogP contribution in [0.2, 0.25) is 19.6 Å². The third kappa shape index (κ3) is 6.57. The molecule has 0 amide bonds. The van der Waals surface area contributed by atoms with Gasteiger partial charge >= 0.3 is 5.97 Å². The molecule has 0 saturated heterocycles. The van der Waals surface area contributed by atoms with Crippen molar-refractivity contribution in [2.24, 2.45) is 0 Å². The maximum absolute atomic E-state index is 11.5. The smallest absolute Gasteiger partial charge is 0.331 e. The molecule has 0 aliphatic rings. The minimum Gasteiger partial charge on any atom is -0.497 e. The van der Waals surface area contributed by atoms with Gasteiger partial charge in [-0.2, -0.15) is 0 Å². The van der Waals surface area contributed by atoms with E-state index in [1.807, 2.05) is 38.1 Å². The fourth-order valence-corrected chi connectivity index (χ4v) is 2.06. The van der Waals surface area contributed by atoms with Crippen molar-refractivity contribution >= 4 is 20.1 Å². The molecule has 0 saturated carbocycles. The maximum Gasteiger partial charge on any atom is 0.331 e. The van der Waals surface area contributed by atoms with E-state index in [0.29, 0.717) is 0 Å². The Morgan fingerprint density at radius 1 is 1.25 bits per heavy atom. The Morgan fingerprint density at radius 3 is 2.50 bits per heavy atom. The van der Waals surface area contributed by atoms with Crippen LogP contribution in [0.25, 0.3) is 6.08 Å². The van der Waals surface area contributed by atoms with Crippen LogP contribution in [0.15, 0.2) is 30.3 Å². The van der Waals surface area contributed by atoms with Gasteiger partial charge in [0.1, 0.15) is 5.75 Å². The highest BCUT2D eigenvalue weighted by Crippen LogP contribution is 2.20. The third-order valence-corrected chi connectivity index (χ3v) is 3.34. The molecule has 0 aromatic heterocycles. The minimum atomic E-state index is -1.27. The quantitative estimate of drug-likeness (QED) is 0.453. The Labute approximate surface area is 122 Å². The lowest BCUT2D eigenvalue weighted by atomic mass is 10.2. The Balaban J connectivity index is 2.75. The lowest BCUT2D eigenvalue weighted by Crippen LogP contribution is -2.30. The molecule has 0 N–H and O–H groups in total. The summed E-state index contributed by atoms with van der Waals surface area (Å²) < 4.78 is 10.9. The number of benzene rings is 1.